The van der Waals surface area contributed by atoms with E-state index in [0.717, 1.165) is 19.4 Å². The molecule has 2 N–H and O–H groups in total. The van der Waals surface area contributed by atoms with Gasteiger partial charge in [-0.3, -0.25) is 0 Å². The molecule has 0 aliphatic carbocycles. The Kier molecular flexibility index (Phi) is 5.76. The fraction of sp³-hybridized carbons (Fsp3) is 0.688. The van der Waals surface area contributed by atoms with E-state index in [0.29, 0.717) is 17.7 Å². The summed E-state index contributed by atoms with van der Waals surface area (Å²) < 4.78 is 5.88. The number of nitrogens with one attached hydrogen (secondary N) is 1. The standard InChI is InChI=1S/C16H26N4O3/c1-10(2)14-12(6-5-9-23-14)18-13-7-8-17-16(19-13)20(4)11(3)15(21)22/h7-8,10-12,14H,5-6,9H2,1-4H3,(H,21,22)(H,17,18,19). The fourth-order valence-electron chi connectivity index (χ4n) is 2.74. The molecule has 1 aliphatic rings. The van der Waals surface area contributed by atoms with Crippen molar-refractivity contribution in [3.8, 4) is 0 Å². The predicted octanol–water partition coefficient (Wildman–Crippen LogP) is 2.00. The summed E-state index contributed by atoms with van der Waals surface area (Å²) >= 11 is 0. The van der Waals surface area contributed by atoms with Crippen LogP contribution in [0.2, 0.25) is 0 Å². The van der Waals surface area contributed by atoms with E-state index in [1.54, 1.807) is 31.1 Å². The molecule has 3 atom stereocenters. The molecule has 1 fully saturated rings. The van der Waals surface area contributed by atoms with Gasteiger partial charge in [0.15, 0.2) is 0 Å². The van der Waals surface area contributed by atoms with Crippen LogP contribution in [0.25, 0.3) is 0 Å². The minimum absolute atomic E-state index is 0.151. The maximum Gasteiger partial charge on any atom is 0.326 e. The molecule has 7 nitrogen and oxygen atoms in total. The molecule has 2 rings (SSSR count). The van der Waals surface area contributed by atoms with E-state index in [4.69, 9.17) is 9.84 Å². The third kappa shape index (κ3) is 4.31. The Labute approximate surface area is 137 Å². The van der Waals surface area contributed by atoms with Crippen molar-refractivity contribution in [2.75, 3.05) is 23.9 Å². The quantitative estimate of drug-likeness (QED) is 0.828. The van der Waals surface area contributed by atoms with Crippen LogP contribution in [-0.4, -0.2) is 52.9 Å². The van der Waals surface area contributed by atoms with Gasteiger partial charge in [0.1, 0.15) is 11.9 Å². The Bertz CT molecular complexity index is 538. The van der Waals surface area contributed by atoms with E-state index in [9.17, 15) is 4.79 Å². The topological polar surface area (TPSA) is 87.6 Å². The lowest BCUT2D eigenvalue weighted by Gasteiger charge is -2.35. The zero-order valence-corrected chi connectivity index (χ0v) is 14.2. The Hall–Kier alpha value is -1.89. The minimum atomic E-state index is -0.907. The highest BCUT2D eigenvalue weighted by Gasteiger charge is 2.29. The van der Waals surface area contributed by atoms with Crippen molar-refractivity contribution in [2.45, 2.75) is 51.8 Å². The van der Waals surface area contributed by atoms with Crippen LogP contribution in [-0.2, 0) is 9.53 Å². The van der Waals surface area contributed by atoms with E-state index in [2.05, 4.69) is 29.1 Å². The number of carboxylic acid groups (broad SMARTS) is 1. The number of likely N-dealkylation sites (N-methyl/N-ethyl adjacent to an activating group) is 1. The lowest BCUT2D eigenvalue weighted by Crippen LogP contribution is -2.43. The predicted molar refractivity (Wildman–Crippen MR) is 88.8 cm³/mol. The number of carbonyl (C=O) groups is 1. The Morgan fingerprint density at radius 3 is 2.87 bits per heavy atom. The number of hydrogen-bond acceptors (Lipinski definition) is 6. The number of carboxylic acids is 1. The maximum atomic E-state index is 11.1. The third-order valence-corrected chi connectivity index (χ3v) is 4.25. The zero-order valence-electron chi connectivity index (χ0n) is 14.2. The second-order valence-electron chi connectivity index (χ2n) is 6.34. The Balaban J connectivity index is 2.11. The molecule has 0 amide bonds. The molecule has 128 valence electrons. The number of rotatable bonds is 6. The number of aromatic nitrogens is 2. The van der Waals surface area contributed by atoms with Gasteiger partial charge in [0.2, 0.25) is 5.95 Å². The molecule has 0 spiro atoms. The normalized spacial score (nSPS) is 22.7. The molecule has 1 aliphatic heterocycles. The summed E-state index contributed by atoms with van der Waals surface area (Å²) in [6.07, 6.45) is 3.85. The van der Waals surface area contributed by atoms with E-state index in [1.165, 1.54) is 0 Å². The molecule has 0 saturated carbocycles. The largest absolute Gasteiger partial charge is 0.480 e. The first-order chi connectivity index (χ1) is 10.9. The van der Waals surface area contributed by atoms with E-state index in [1.807, 2.05) is 0 Å². The Morgan fingerprint density at radius 1 is 1.48 bits per heavy atom. The van der Waals surface area contributed by atoms with Gasteiger partial charge in [-0.2, -0.15) is 4.98 Å². The highest BCUT2D eigenvalue weighted by Crippen LogP contribution is 2.24. The summed E-state index contributed by atoms with van der Waals surface area (Å²) in [6.45, 7) is 6.71. The SMILES string of the molecule is CC(C)C1OCCCC1Nc1ccnc(N(C)C(C)C(=O)O)n1. The molecular formula is C16H26N4O3. The van der Waals surface area contributed by atoms with Crippen LogP contribution in [0.15, 0.2) is 12.3 Å². The molecule has 1 aromatic heterocycles. The van der Waals surface area contributed by atoms with Crippen molar-refractivity contribution in [1.29, 1.82) is 0 Å². The van der Waals surface area contributed by atoms with E-state index < -0.39 is 12.0 Å². The van der Waals surface area contributed by atoms with Gasteiger partial charge in [0, 0.05) is 19.9 Å². The van der Waals surface area contributed by atoms with Gasteiger partial charge in [-0.25, -0.2) is 9.78 Å². The highest BCUT2D eigenvalue weighted by molar-refractivity contribution is 5.76. The molecule has 0 radical (unpaired) electrons. The van der Waals surface area contributed by atoms with Gasteiger partial charge in [-0.15, -0.1) is 0 Å². The monoisotopic (exact) mass is 322 g/mol. The maximum absolute atomic E-state index is 11.1. The molecule has 3 unspecified atom stereocenters. The molecule has 23 heavy (non-hydrogen) atoms. The number of aliphatic carboxylic acids is 1. The lowest BCUT2D eigenvalue weighted by molar-refractivity contribution is -0.138. The fourth-order valence-corrected chi connectivity index (χ4v) is 2.74. The summed E-state index contributed by atoms with van der Waals surface area (Å²) in [5.74, 6) is 0.599. The second kappa shape index (κ2) is 7.59. The average Bonchev–Trinajstić information content (AvgIpc) is 2.54. The molecule has 7 heteroatoms. The van der Waals surface area contributed by atoms with Crippen LogP contribution in [0.3, 0.4) is 0 Å². The Morgan fingerprint density at radius 2 is 2.22 bits per heavy atom. The average molecular weight is 322 g/mol. The summed E-state index contributed by atoms with van der Waals surface area (Å²) in [5, 5.41) is 12.5. The van der Waals surface area contributed by atoms with Gasteiger partial charge in [-0.1, -0.05) is 13.8 Å². The first-order valence-corrected chi connectivity index (χ1v) is 8.07. The zero-order chi connectivity index (χ0) is 17.0. The summed E-state index contributed by atoms with van der Waals surface area (Å²) in [6, 6.07) is 1.31. The van der Waals surface area contributed by atoms with Crippen LogP contribution in [0.5, 0.6) is 0 Å². The van der Waals surface area contributed by atoms with Crippen LogP contribution in [0.4, 0.5) is 11.8 Å². The van der Waals surface area contributed by atoms with Crippen LogP contribution in [0.1, 0.15) is 33.6 Å². The number of ether oxygens (including phenoxy) is 1. The lowest BCUT2D eigenvalue weighted by atomic mass is 9.94. The summed E-state index contributed by atoms with van der Waals surface area (Å²) in [5.41, 5.74) is 0. The van der Waals surface area contributed by atoms with Crippen molar-refractivity contribution >= 4 is 17.7 Å². The van der Waals surface area contributed by atoms with E-state index >= 15 is 0 Å². The third-order valence-electron chi connectivity index (χ3n) is 4.25. The van der Waals surface area contributed by atoms with Crippen molar-refractivity contribution in [2.24, 2.45) is 5.92 Å². The molecule has 0 bridgehead atoms. The van der Waals surface area contributed by atoms with Crippen molar-refractivity contribution in [3.63, 3.8) is 0 Å². The first-order valence-electron chi connectivity index (χ1n) is 8.07. The van der Waals surface area contributed by atoms with Crippen molar-refractivity contribution in [3.05, 3.63) is 12.3 Å². The molecule has 1 saturated heterocycles. The summed E-state index contributed by atoms with van der Waals surface area (Å²) in [7, 11) is 1.68. The highest BCUT2D eigenvalue weighted by atomic mass is 16.5. The van der Waals surface area contributed by atoms with Crippen LogP contribution >= 0.6 is 0 Å². The minimum Gasteiger partial charge on any atom is -0.480 e. The van der Waals surface area contributed by atoms with Gasteiger partial charge < -0.3 is 20.1 Å². The molecule has 1 aromatic rings. The van der Waals surface area contributed by atoms with Gasteiger partial charge in [0.05, 0.1) is 12.1 Å². The summed E-state index contributed by atoms with van der Waals surface area (Å²) in [4.78, 5) is 21.3. The first kappa shape index (κ1) is 17.5. The van der Waals surface area contributed by atoms with Gasteiger partial charge in [0.25, 0.3) is 0 Å². The molecule has 2 heterocycles. The number of hydrogen-bond donors (Lipinski definition) is 2. The van der Waals surface area contributed by atoms with Crippen LogP contribution < -0.4 is 10.2 Å². The number of nitrogens with zero attached hydrogens (tertiary/aromatic N) is 3. The van der Waals surface area contributed by atoms with Gasteiger partial charge in [-0.05, 0) is 31.7 Å². The smallest absolute Gasteiger partial charge is 0.326 e. The van der Waals surface area contributed by atoms with Gasteiger partial charge >= 0.3 is 5.97 Å². The second-order valence-corrected chi connectivity index (χ2v) is 6.34. The molecular weight excluding hydrogens is 296 g/mol. The van der Waals surface area contributed by atoms with Crippen molar-refractivity contribution < 1.29 is 14.6 Å². The number of anilines is 2. The van der Waals surface area contributed by atoms with Crippen molar-refractivity contribution in [1.82, 2.24) is 9.97 Å². The van der Waals surface area contributed by atoms with Crippen LogP contribution in [0, 0.1) is 5.92 Å². The van der Waals surface area contributed by atoms with E-state index in [-0.39, 0.29) is 12.1 Å². The molecule has 0 aromatic carbocycles.